The molecular formula is C16H13FIN3O3. The second-order valence-corrected chi connectivity index (χ2v) is 6.04. The van der Waals surface area contributed by atoms with Gasteiger partial charge in [0.15, 0.2) is 0 Å². The van der Waals surface area contributed by atoms with Crippen molar-refractivity contribution in [2.24, 2.45) is 0 Å². The summed E-state index contributed by atoms with van der Waals surface area (Å²) >= 11 is 2.02. The van der Waals surface area contributed by atoms with Crippen LogP contribution < -0.4 is 10.8 Å². The van der Waals surface area contributed by atoms with Crippen molar-refractivity contribution in [3.8, 4) is 0 Å². The first-order chi connectivity index (χ1) is 11.6. The number of carbonyl (C=O) groups excluding carboxylic acids is 1. The van der Waals surface area contributed by atoms with Crippen LogP contribution in [0, 0.1) is 9.39 Å². The van der Waals surface area contributed by atoms with E-state index in [0.717, 1.165) is 3.57 Å². The third-order valence-corrected chi connectivity index (χ3v) is 3.87. The zero-order valence-electron chi connectivity index (χ0n) is 12.6. The Labute approximate surface area is 150 Å². The molecule has 1 amide bonds. The van der Waals surface area contributed by atoms with Crippen LogP contribution in [-0.4, -0.2) is 17.5 Å². The van der Waals surface area contributed by atoms with E-state index in [1.54, 1.807) is 37.5 Å². The van der Waals surface area contributed by atoms with Gasteiger partial charge in [0, 0.05) is 16.0 Å². The molecule has 0 aliphatic heterocycles. The van der Waals surface area contributed by atoms with Gasteiger partial charge >= 0.3 is 5.91 Å². The number of hydrogen-bond donors (Lipinski definition) is 2. The van der Waals surface area contributed by atoms with Crippen molar-refractivity contribution in [2.75, 3.05) is 11.9 Å². The SMILES string of the molecule is CCONC(=O)c1oc2ccncc2c1Nc1ccc(I)cc1F. The van der Waals surface area contributed by atoms with Crippen molar-refractivity contribution in [3.05, 3.63) is 51.8 Å². The summed E-state index contributed by atoms with van der Waals surface area (Å²) in [6, 6.07) is 6.37. The zero-order valence-corrected chi connectivity index (χ0v) is 14.8. The van der Waals surface area contributed by atoms with Crippen molar-refractivity contribution in [1.82, 2.24) is 10.5 Å². The number of halogens is 2. The van der Waals surface area contributed by atoms with Gasteiger partial charge in [-0.05, 0) is 53.8 Å². The number of rotatable bonds is 5. The number of nitrogens with one attached hydrogen (secondary N) is 2. The number of carbonyl (C=O) groups is 1. The Morgan fingerprint density at radius 2 is 2.25 bits per heavy atom. The highest BCUT2D eigenvalue weighted by Crippen LogP contribution is 2.33. The molecule has 0 saturated heterocycles. The molecule has 2 aromatic heterocycles. The highest BCUT2D eigenvalue weighted by atomic mass is 127. The lowest BCUT2D eigenvalue weighted by Crippen LogP contribution is -2.23. The number of aromatic nitrogens is 1. The fourth-order valence-corrected chi connectivity index (χ4v) is 2.59. The summed E-state index contributed by atoms with van der Waals surface area (Å²) in [4.78, 5) is 21.2. The average Bonchev–Trinajstić information content (AvgIpc) is 2.94. The molecule has 0 aliphatic rings. The Kier molecular flexibility index (Phi) is 4.95. The van der Waals surface area contributed by atoms with Crippen LogP contribution >= 0.6 is 22.6 Å². The predicted molar refractivity (Wildman–Crippen MR) is 95.5 cm³/mol. The molecule has 0 atom stereocenters. The van der Waals surface area contributed by atoms with Gasteiger partial charge in [0.2, 0.25) is 5.76 Å². The highest BCUT2D eigenvalue weighted by molar-refractivity contribution is 14.1. The van der Waals surface area contributed by atoms with Crippen LogP contribution in [-0.2, 0) is 4.84 Å². The molecule has 0 radical (unpaired) electrons. The highest BCUT2D eigenvalue weighted by Gasteiger charge is 2.22. The van der Waals surface area contributed by atoms with Crippen molar-refractivity contribution < 1.29 is 18.4 Å². The second-order valence-electron chi connectivity index (χ2n) is 4.79. The lowest BCUT2D eigenvalue weighted by Gasteiger charge is -2.09. The fraction of sp³-hybridized carbons (Fsp3) is 0.125. The number of benzene rings is 1. The first-order valence-electron chi connectivity index (χ1n) is 7.11. The summed E-state index contributed by atoms with van der Waals surface area (Å²) in [7, 11) is 0. The van der Waals surface area contributed by atoms with E-state index in [9.17, 15) is 9.18 Å². The minimum atomic E-state index is -0.568. The Morgan fingerprint density at radius 3 is 3.00 bits per heavy atom. The zero-order chi connectivity index (χ0) is 17.1. The molecule has 124 valence electrons. The van der Waals surface area contributed by atoms with Crippen molar-refractivity contribution >= 4 is 50.8 Å². The number of hydrogen-bond acceptors (Lipinski definition) is 5. The van der Waals surface area contributed by atoms with E-state index in [2.05, 4.69) is 15.8 Å². The van der Waals surface area contributed by atoms with Crippen LogP contribution in [0.15, 0.2) is 41.1 Å². The average molecular weight is 441 g/mol. The number of anilines is 2. The molecule has 0 spiro atoms. The molecule has 8 heteroatoms. The quantitative estimate of drug-likeness (QED) is 0.463. The molecule has 1 aromatic carbocycles. The Balaban J connectivity index is 2.05. The van der Waals surface area contributed by atoms with E-state index in [1.165, 1.54) is 6.07 Å². The molecule has 0 fully saturated rings. The van der Waals surface area contributed by atoms with Gasteiger partial charge in [-0.1, -0.05) is 0 Å². The minimum Gasteiger partial charge on any atom is -0.448 e. The summed E-state index contributed by atoms with van der Waals surface area (Å²) in [5.41, 5.74) is 3.29. The first kappa shape index (κ1) is 16.7. The lowest BCUT2D eigenvalue weighted by molar-refractivity contribution is 0.0343. The van der Waals surface area contributed by atoms with E-state index in [1.807, 2.05) is 22.6 Å². The molecule has 6 nitrogen and oxygen atoms in total. The lowest BCUT2D eigenvalue weighted by atomic mass is 10.2. The topological polar surface area (TPSA) is 76.4 Å². The Morgan fingerprint density at radius 1 is 1.42 bits per heavy atom. The van der Waals surface area contributed by atoms with E-state index >= 15 is 0 Å². The molecule has 2 N–H and O–H groups in total. The van der Waals surface area contributed by atoms with Gasteiger partial charge < -0.3 is 9.73 Å². The molecule has 0 unspecified atom stereocenters. The monoisotopic (exact) mass is 441 g/mol. The van der Waals surface area contributed by atoms with Crippen LogP contribution in [0.4, 0.5) is 15.8 Å². The summed E-state index contributed by atoms with van der Waals surface area (Å²) in [6.45, 7) is 2.05. The molecule has 3 aromatic rings. The van der Waals surface area contributed by atoms with Gasteiger partial charge in [0.05, 0.1) is 17.7 Å². The summed E-state index contributed by atoms with van der Waals surface area (Å²) in [6.07, 6.45) is 3.09. The van der Waals surface area contributed by atoms with Crippen molar-refractivity contribution in [3.63, 3.8) is 0 Å². The van der Waals surface area contributed by atoms with Crippen LogP contribution in [0.1, 0.15) is 17.5 Å². The summed E-state index contributed by atoms with van der Waals surface area (Å²) < 4.78 is 20.5. The number of nitrogens with zero attached hydrogens (tertiary/aromatic N) is 1. The van der Waals surface area contributed by atoms with E-state index in [-0.39, 0.29) is 11.4 Å². The van der Waals surface area contributed by atoms with Crippen LogP contribution in [0.3, 0.4) is 0 Å². The molecule has 24 heavy (non-hydrogen) atoms. The summed E-state index contributed by atoms with van der Waals surface area (Å²) in [5.74, 6) is -1.01. The van der Waals surface area contributed by atoms with Crippen molar-refractivity contribution in [2.45, 2.75) is 6.92 Å². The van der Waals surface area contributed by atoms with Crippen LogP contribution in [0.2, 0.25) is 0 Å². The summed E-state index contributed by atoms with van der Waals surface area (Å²) in [5, 5.41) is 3.49. The Hall–Kier alpha value is -2.20. The maximum Gasteiger partial charge on any atom is 0.312 e. The first-order valence-corrected chi connectivity index (χ1v) is 8.18. The molecular weight excluding hydrogens is 428 g/mol. The van der Waals surface area contributed by atoms with Gasteiger partial charge in [0.1, 0.15) is 17.1 Å². The molecule has 2 heterocycles. The number of pyridine rings is 1. The van der Waals surface area contributed by atoms with Gasteiger partial charge in [-0.25, -0.2) is 9.87 Å². The second kappa shape index (κ2) is 7.14. The smallest absolute Gasteiger partial charge is 0.312 e. The molecule has 0 saturated carbocycles. The number of fused-ring (bicyclic) bond motifs is 1. The molecule has 0 bridgehead atoms. The number of furan rings is 1. The maximum absolute atomic E-state index is 14.1. The van der Waals surface area contributed by atoms with Crippen molar-refractivity contribution in [1.29, 1.82) is 0 Å². The van der Waals surface area contributed by atoms with Gasteiger partial charge in [0.25, 0.3) is 0 Å². The largest absolute Gasteiger partial charge is 0.448 e. The van der Waals surface area contributed by atoms with Gasteiger partial charge in [-0.15, -0.1) is 0 Å². The van der Waals surface area contributed by atoms with E-state index in [4.69, 9.17) is 9.25 Å². The molecule has 3 rings (SSSR count). The fourth-order valence-electron chi connectivity index (χ4n) is 2.14. The van der Waals surface area contributed by atoms with E-state index in [0.29, 0.717) is 23.3 Å². The van der Waals surface area contributed by atoms with Crippen LogP contribution in [0.5, 0.6) is 0 Å². The molecule has 0 aliphatic carbocycles. The van der Waals surface area contributed by atoms with Gasteiger partial charge in [-0.3, -0.25) is 14.6 Å². The number of hydroxylamine groups is 1. The van der Waals surface area contributed by atoms with E-state index < -0.39 is 11.7 Å². The predicted octanol–water partition coefficient (Wildman–Crippen LogP) is 4.00. The standard InChI is InChI=1S/C16H13FIN3O3/c1-2-23-21-16(22)15-14(10-8-19-6-5-13(10)24-15)20-12-4-3-9(18)7-11(12)17/h3-8,20H,2H2,1H3,(H,21,22). The number of amides is 1. The maximum atomic E-state index is 14.1. The Bertz CT molecular complexity index is 897. The van der Waals surface area contributed by atoms with Gasteiger partial charge in [-0.2, -0.15) is 0 Å². The minimum absolute atomic E-state index is 0.00981. The normalized spacial score (nSPS) is 10.8. The third-order valence-electron chi connectivity index (χ3n) is 3.20. The third kappa shape index (κ3) is 3.34. The van der Waals surface area contributed by atoms with Crippen LogP contribution in [0.25, 0.3) is 11.0 Å².